The number of rotatable bonds is 8. The molecule has 2 heterocycles. The highest BCUT2D eigenvalue weighted by Crippen LogP contribution is 2.20. The highest BCUT2D eigenvalue weighted by atomic mass is 32.2. The molecule has 0 amide bonds. The molecule has 0 saturated carbocycles. The van der Waals surface area contributed by atoms with Gasteiger partial charge >= 0.3 is 0 Å². The topological polar surface area (TPSA) is 98.7 Å². The van der Waals surface area contributed by atoms with E-state index >= 15 is 0 Å². The van der Waals surface area contributed by atoms with Crippen molar-refractivity contribution in [2.45, 2.75) is 36.9 Å². The molecular formula is C21H30N6O2S. The molecule has 1 saturated heterocycles. The summed E-state index contributed by atoms with van der Waals surface area (Å²) in [5.41, 5.74) is 1.31. The maximum Gasteiger partial charge on any atom is 0.242 e. The van der Waals surface area contributed by atoms with Crippen LogP contribution < -0.4 is 15.4 Å². The van der Waals surface area contributed by atoms with Crippen molar-refractivity contribution in [2.24, 2.45) is 4.99 Å². The molecule has 3 rings (SSSR count). The third-order valence-corrected chi connectivity index (χ3v) is 6.60. The van der Waals surface area contributed by atoms with Gasteiger partial charge in [-0.05, 0) is 31.0 Å². The number of likely N-dealkylation sites (tertiary alicyclic amines) is 1. The number of pyridine rings is 1. The van der Waals surface area contributed by atoms with Gasteiger partial charge in [-0.15, -0.1) is 0 Å². The number of benzene rings is 1. The van der Waals surface area contributed by atoms with Crippen LogP contribution >= 0.6 is 0 Å². The van der Waals surface area contributed by atoms with E-state index in [4.69, 9.17) is 0 Å². The second-order valence-corrected chi connectivity index (χ2v) is 9.19. The Labute approximate surface area is 178 Å². The monoisotopic (exact) mass is 430 g/mol. The number of nitrogens with zero attached hydrogens (tertiary/aromatic N) is 3. The molecule has 0 bridgehead atoms. The molecule has 162 valence electrons. The zero-order chi connectivity index (χ0) is 21.4. The number of sulfonamides is 1. The summed E-state index contributed by atoms with van der Waals surface area (Å²) >= 11 is 0. The van der Waals surface area contributed by atoms with Gasteiger partial charge in [-0.25, -0.2) is 13.1 Å². The van der Waals surface area contributed by atoms with Crippen LogP contribution in [-0.2, 0) is 16.6 Å². The summed E-state index contributed by atoms with van der Waals surface area (Å²) in [5, 5.41) is 6.63. The molecule has 1 aliphatic heterocycles. The van der Waals surface area contributed by atoms with E-state index in [0.717, 1.165) is 19.5 Å². The molecule has 2 unspecified atom stereocenters. The van der Waals surface area contributed by atoms with E-state index in [0.29, 0.717) is 24.6 Å². The van der Waals surface area contributed by atoms with Crippen LogP contribution in [0.2, 0.25) is 0 Å². The lowest BCUT2D eigenvalue weighted by molar-refractivity contribution is 0.258. The van der Waals surface area contributed by atoms with Gasteiger partial charge in [-0.2, -0.15) is 0 Å². The molecule has 0 radical (unpaired) electrons. The van der Waals surface area contributed by atoms with Crippen molar-refractivity contribution in [3.05, 3.63) is 60.4 Å². The number of hydrogen-bond acceptors (Lipinski definition) is 5. The summed E-state index contributed by atoms with van der Waals surface area (Å²) in [7, 11) is -1.83. The summed E-state index contributed by atoms with van der Waals surface area (Å²) in [4.78, 5) is 10.7. The van der Waals surface area contributed by atoms with E-state index in [9.17, 15) is 8.42 Å². The van der Waals surface area contributed by atoms with Crippen LogP contribution in [0.5, 0.6) is 0 Å². The molecule has 3 N–H and O–H groups in total. The first kappa shape index (κ1) is 22.2. The molecule has 1 aliphatic rings. The lowest BCUT2D eigenvalue weighted by Crippen LogP contribution is -2.46. The number of aliphatic imine (C=N–C) groups is 1. The van der Waals surface area contributed by atoms with Gasteiger partial charge < -0.3 is 10.6 Å². The van der Waals surface area contributed by atoms with Crippen LogP contribution in [0.15, 0.2) is 64.7 Å². The molecule has 2 aromatic rings. The Balaban J connectivity index is 1.42. The van der Waals surface area contributed by atoms with Crippen molar-refractivity contribution < 1.29 is 8.42 Å². The first-order valence-corrected chi connectivity index (χ1v) is 11.6. The quantitative estimate of drug-likeness (QED) is 0.331. The Bertz CT molecular complexity index is 921. The van der Waals surface area contributed by atoms with Gasteiger partial charge in [-0.3, -0.25) is 14.9 Å². The molecule has 0 spiro atoms. The molecule has 1 aromatic heterocycles. The van der Waals surface area contributed by atoms with Gasteiger partial charge in [0, 0.05) is 57.7 Å². The fourth-order valence-corrected chi connectivity index (χ4v) is 4.58. The van der Waals surface area contributed by atoms with Crippen molar-refractivity contribution in [3.8, 4) is 0 Å². The molecular weight excluding hydrogens is 400 g/mol. The van der Waals surface area contributed by atoms with Crippen molar-refractivity contribution in [1.29, 1.82) is 0 Å². The Morgan fingerprint density at radius 2 is 2.00 bits per heavy atom. The third kappa shape index (κ3) is 6.25. The minimum atomic E-state index is -3.55. The lowest BCUT2D eigenvalue weighted by Gasteiger charge is -2.21. The molecule has 1 fully saturated rings. The maximum atomic E-state index is 12.2. The fourth-order valence-electron chi connectivity index (χ4n) is 3.58. The van der Waals surface area contributed by atoms with Crippen LogP contribution in [-0.4, -0.2) is 63.0 Å². The summed E-state index contributed by atoms with van der Waals surface area (Å²) in [6, 6.07) is 14.4. The number of guanidine groups is 1. The first-order chi connectivity index (χ1) is 14.5. The number of nitrogens with one attached hydrogen (secondary N) is 3. The number of aromatic nitrogens is 1. The van der Waals surface area contributed by atoms with Crippen LogP contribution in [0.3, 0.4) is 0 Å². The van der Waals surface area contributed by atoms with Crippen LogP contribution in [0.4, 0.5) is 0 Å². The molecule has 30 heavy (non-hydrogen) atoms. The Hall–Kier alpha value is -2.49. The van der Waals surface area contributed by atoms with Crippen LogP contribution in [0, 0.1) is 0 Å². The Kier molecular flexibility index (Phi) is 7.78. The zero-order valence-electron chi connectivity index (χ0n) is 17.5. The van der Waals surface area contributed by atoms with E-state index in [1.807, 2.05) is 6.07 Å². The van der Waals surface area contributed by atoms with E-state index in [-0.39, 0.29) is 11.4 Å². The summed E-state index contributed by atoms with van der Waals surface area (Å²) in [5.74, 6) is 0.675. The van der Waals surface area contributed by atoms with Crippen molar-refractivity contribution in [2.75, 3.05) is 26.7 Å². The van der Waals surface area contributed by atoms with E-state index in [2.05, 4.69) is 61.4 Å². The van der Waals surface area contributed by atoms with Gasteiger partial charge in [0.2, 0.25) is 10.0 Å². The predicted octanol–water partition coefficient (Wildman–Crippen LogP) is 1.19. The van der Waals surface area contributed by atoms with Crippen molar-refractivity contribution in [3.63, 3.8) is 0 Å². The van der Waals surface area contributed by atoms with Gasteiger partial charge in [0.05, 0.1) is 0 Å². The first-order valence-electron chi connectivity index (χ1n) is 10.1. The number of hydrogen-bond donors (Lipinski definition) is 3. The molecule has 0 aliphatic carbocycles. The average molecular weight is 431 g/mol. The van der Waals surface area contributed by atoms with E-state index in [1.165, 1.54) is 17.8 Å². The standard InChI is InChI=1S/C21H30N6O2S/c1-17-13-19(16-27(17)15-18-7-4-3-5-8-18)26-21(22-2)24-11-12-25-30(28,29)20-9-6-10-23-14-20/h3-10,14,17,19,25H,11-13,15-16H2,1-2H3,(H2,22,24,26). The van der Waals surface area contributed by atoms with Crippen molar-refractivity contribution >= 4 is 16.0 Å². The van der Waals surface area contributed by atoms with E-state index in [1.54, 1.807) is 19.3 Å². The Morgan fingerprint density at radius 3 is 2.70 bits per heavy atom. The maximum absolute atomic E-state index is 12.2. The van der Waals surface area contributed by atoms with Gasteiger partial charge in [0.15, 0.2) is 5.96 Å². The normalized spacial score (nSPS) is 20.3. The highest BCUT2D eigenvalue weighted by molar-refractivity contribution is 7.89. The van der Waals surface area contributed by atoms with Gasteiger partial charge in [-0.1, -0.05) is 30.3 Å². The average Bonchev–Trinajstić information content (AvgIpc) is 3.10. The molecule has 2 atom stereocenters. The minimum absolute atomic E-state index is 0.158. The second-order valence-electron chi connectivity index (χ2n) is 7.43. The summed E-state index contributed by atoms with van der Waals surface area (Å²) in [6.45, 7) is 4.79. The van der Waals surface area contributed by atoms with Crippen molar-refractivity contribution in [1.82, 2.24) is 25.2 Å². The van der Waals surface area contributed by atoms with E-state index < -0.39 is 10.0 Å². The summed E-state index contributed by atoms with van der Waals surface area (Å²) < 4.78 is 27.0. The van der Waals surface area contributed by atoms with Gasteiger partial charge in [0.1, 0.15) is 4.90 Å². The lowest BCUT2D eigenvalue weighted by atomic mass is 10.2. The third-order valence-electron chi connectivity index (χ3n) is 5.15. The second kappa shape index (κ2) is 10.5. The molecule has 8 nitrogen and oxygen atoms in total. The zero-order valence-corrected chi connectivity index (χ0v) is 18.3. The highest BCUT2D eigenvalue weighted by Gasteiger charge is 2.29. The smallest absolute Gasteiger partial charge is 0.242 e. The Morgan fingerprint density at radius 1 is 1.20 bits per heavy atom. The SMILES string of the molecule is CN=C(NCCNS(=O)(=O)c1cccnc1)NC1CC(C)N(Cc2ccccc2)C1. The largest absolute Gasteiger partial charge is 0.355 e. The van der Waals surface area contributed by atoms with Gasteiger partial charge in [0.25, 0.3) is 0 Å². The fraction of sp³-hybridized carbons (Fsp3) is 0.429. The predicted molar refractivity (Wildman–Crippen MR) is 119 cm³/mol. The molecule has 9 heteroatoms. The summed E-state index contributed by atoms with van der Waals surface area (Å²) in [6.07, 6.45) is 3.90. The molecule has 1 aromatic carbocycles. The van der Waals surface area contributed by atoms with Crippen LogP contribution in [0.25, 0.3) is 0 Å². The minimum Gasteiger partial charge on any atom is -0.355 e. The van der Waals surface area contributed by atoms with Crippen LogP contribution in [0.1, 0.15) is 18.9 Å².